The van der Waals surface area contributed by atoms with Gasteiger partial charge in [-0.3, -0.25) is 4.79 Å². The van der Waals surface area contributed by atoms with E-state index in [1.54, 1.807) is 0 Å². The smallest absolute Gasteiger partial charge is 0.321 e. The molecule has 2 rings (SSSR count). The zero-order valence-electron chi connectivity index (χ0n) is 10.7. The Labute approximate surface area is 114 Å². The number of aliphatic carboxylic acids is 1. The standard InChI is InChI=1S/C12H12FNO5S/c1-7(12(15)16)14(2)20(17,18)11-6-8-5-9(13)3-4-10(8)19-11/h3-7H,1-2H3,(H,15,16). The van der Waals surface area contributed by atoms with Crippen LogP contribution in [-0.2, 0) is 14.8 Å². The van der Waals surface area contributed by atoms with Gasteiger partial charge in [0.05, 0.1) is 0 Å². The second-order valence-corrected chi connectivity index (χ2v) is 6.21. The topological polar surface area (TPSA) is 87.8 Å². The Bertz CT molecular complexity index is 767. The first kappa shape index (κ1) is 14.5. The quantitative estimate of drug-likeness (QED) is 0.928. The van der Waals surface area contributed by atoms with E-state index in [9.17, 15) is 17.6 Å². The van der Waals surface area contributed by atoms with E-state index in [-0.39, 0.29) is 5.58 Å². The van der Waals surface area contributed by atoms with Crippen molar-refractivity contribution in [2.75, 3.05) is 7.05 Å². The SMILES string of the molecule is CC(C(=O)O)N(C)S(=O)(=O)c1cc2cc(F)ccc2o1. The van der Waals surface area contributed by atoms with Crippen molar-refractivity contribution in [1.82, 2.24) is 4.31 Å². The number of hydrogen-bond donors (Lipinski definition) is 1. The molecule has 1 aromatic carbocycles. The van der Waals surface area contributed by atoms with Crippen LogP contribution in [0.3, 0.4) is 0 Å². The van der Waals surface area contributed by atoms with Gasteiger partial charge in [-0.15, -0.1) is 0 Å². The third kappa shape index (κ3) is 2.39. The van der Waals surface area contributed by atoms with Gasteiger partial charge in [0.2, 0.25) is 5.09 Å². The molecule has 0 radical (unpaired) electrons. The Hall–Kier alpha value is -1.93. The van der Waals surface area contributed by atoms with E-state index in [1.807, 2.05) is 0 Å². The Morgan fingerprint density at radius 1 is 1.40 bits per heavy atom. The van der Waals surface area contributed by atoms with Crippen LogP contribution in [0.2, 0.25) is 0 Å². The van der Waals surface area contributed by atoms with Crippen molar-refractivity contribution in [2.24, 2.45) is 0 Å². The number of carbonyl (C=O) groups is 1. The molecule has 0 spiro atoms. The molecule has 1 N–H and O–H groups in total. The van der Waals surface area contributed by atoms with E-state index in [4.69, 9.17) is 9.52 Å². The molecule has 0 saturated carbocycles. The fraction of sp³-hybridized carbons (Fsp3) is 0.250. The fourth-order valence-electron chi connectivity index (χ4n) is 1.62. The first-order valence-corrected chi connectivity index (χ1v) is 7.07. The molecule has 1 heterocycles. The highest BCUT2D eigenvalue weighted by Crippen LogP contribution is 2.26. The summed E-state index contributed by atoms with van der Waals surface area (Å²) in [5.41, 5.74) is 0.210. The molecule has 0 aliphatic carbocycles. The average Bonchev–Trinajstić information content (AvgIpc) is 2.80. The van der Waals surface area contributed by atoms with Gasteiger partial charge < -0.3 is 9.52 Å². The van der Waals surface area contributed by atoms with Gasteiger partial charge in [-0.25, -0.2) is 12.8 Å². The van der Waals surface area contributed by atoms with Crippen LogP contribution in [-0.4, -0.2) is 36.9 Å². The van der Waals surface area contributed by atoms with E-state index in [2.05, 4.69) is 0 Å². The Balaban J connectivity index is 2.49. The number of furan rings is 1. The zero-order chi connectivity index (χ0) is 15.1. The number of fused-ring (bicyclic) bond motifs is 1. The molecule has 8 heteroatoms. The second kappa shape index (κ2) is 4.88. The summed E-state index contributed by atoms with van der Waals surface area (Å²) in [4.78, 5) is 10.8. The minimum atomic E-state index is -4.09. The maximum absolute atomic E-state index is 13.1. The summed E-state index contributed by atoms with van der Waals surface area (Å²) in [6, 6.07) is 3.51. The number of likely N-dealkylation sites (N-methyl/N-ethyl adjacent to an activating group) is 1. The molecule has 0 aliphatic heterocycles. The maximum atomic E-state index is 13.1. The summed E-state index contributed by atoms with van der Waals surface area (Å²) >= 11 is 0. The van der Waals surface area contributed by atoms with Crippen molar-refractivity contribution in [3.05, 3.63) is 30.1 Å². The molecule has 1 aromatic heterocycles. The molecule has 1 unspecified atom stereocenters. The summed E-state index contributed by atoms with van der Waals surface area (Å²) < 4.78 is 43.3. The number of carboxylic acids is 1. The van der Waals surface area contributed by atoms with Crippen LogP contribution < -0.4 is 0 Å². The lowest BCUT2D eigenvalue weighted by Crippen LogP contribution is -2.40. The van der Waals surface area contributed by atoms with Gasteiger partial charge in [-0.2, -0.15) is 4.31 Å². The Morgan fingerprint density at radius 3 is 2.65 bits per heavy atom. The molecule has 108 valence electrons. The summed E-state index contributed by atoms with van der Waals surface area (Å²) in [7, 11) is -2.95. The minimum Gasteiger partial charge on any atom is -0.480 e. The highest BCUT2D eigenvalue weighted by atomic mass is 32.2. The van der Waals surface area contributed by atoms with Gasteiger partial charge in [0.25, 0.3) is 10.0 Å². The highest BCUT2D eigenvalue weighted by Gasteiger charge is 2.32. The van der Waals surface area contributed by atoms with Crippen LogP contribution in [0.25, 0.3) is 11.0 Å². The van der Waals surface area contributed by atoms with Crippen molar-refractivity contribution in [1.29, 1.82) is 0 Å². The van der Waals surface area contributed by atoms with Crippen LogP contribution in [0.5, 0.6) is 0 Å². The van der Waals surface area contributed by atoms with Crippen molar-refractivity contribution in [2.45, 2.75) is 18.1 Å². The predicted molar refractivity (Wildman–Crippen MR) is 68.2 cm³/mol. The van der Waals surface area contributed by atoms with Crippen LogP contribution in [0.1, 0.15) is 6.92 Å². The number of hydrogen-bond acceptors (Lipinski definition) is 4. The van der Waals surface area contributed by atoms with Crippen molar-refractivity contribution in [3.8, 4) is 0 Å². The molecule has 0 fully saturated rings. The van der Waals surface area contributed by atoms with Crippen LogP contribution >= 0.6 is 0 Å². The van der Waals surface area contributed by atoms with Crippen molar-refractivity contribution in [3.63, 3.8) is 0 Å². The predicted octanol–water partition coefficient (Wildman–Crippen LogP) is 1.67. The van der Waals surface area contributed by atoms with Crippen LogP contribution in [0.4, 0.5) is 4.39 Å². The first-order valence-electron chi connectivity index (χ1n) is 5.63. The Morgan fingerprint density at radius 2 is 2.05 bits per heavy atom. The molecular weight excluding hydrogens is 289 g/mol. The number of carboxylic acid groups (broad SMARTS) is 1. The van der Waals surface area contributed by atoms with Gasteiger partial charge in [0, 0.05) is 18.5 Å². The summed E-state index contributed by atoms with van der Waals surface area (Å²) in [5, 5.41) is 8.72. The van der Waals surface area contributed by atoms with Crippen molar-refractivity contribution >= 4 is 27.0 Å². The Kier molecular flexibility index (Phi) is 3.53. The summed E-state index contributed by atoms with van der Waals surface area (Å²) in [5.74, 6) is -1.80. The second-order valence-electron chi connectivity index (χ2n) is 4.28. The number of rotatable bonds is 4. The van der Waals surface area contributed by atoms with Gasteiger partial charge in [-0.05, 0) is 25.1 Å². The molecular formula is C12H12FNO5S. The number of nitrogens with zero attached hydrogens (tertiary/aromatic N) is 1. The molecule has 20 heavy (non-hydrogen) atoms. The lowest BCUT2D eigenvalue weighted by atomic mass is 10.2. The van der Waals surface area contributed by atoms with E-state index in [1.165, 1.54) is 19.1 Å². The van der Waals surface area contributed by atoms with Gasteiger partial charge >= 0.3 is 5.97 Å². The molecule has 0 bridgehead atoms. The largest absolute Gasteiger partial charge is 0.480 e. The number of sulfonamides is 1. The molecule has 2 aromatic rings. The fourth-order valence-corrected chi connectivity index (χ4v) is 2.88. The summed E-state index contributed by atoms with van der Waals surface area (Å²) in [6.07, 6.45) is 0. The third-order valence-electron chi connectivity index (χ3n) is 2.99. The first-order chi connectivity index (χ1) is 9.23. The summed E-state index contributed by atoms with van der Waals surface area (Å²) in [6.45, 7) is 1.24. The van der Waals surface area contributed by atoms with Gasteiger partial charge in [0.15, 0.2) is 0 Å². The molecule has 6 nitrogen and oxygen atoms in total. The van der Waals surface area contributed by atoms with Gasteiger partial charge in [-0.1, -0.05) is 0 Å². The van der Waals surface area contributed by atoms with Crippen LogP contribution in [0.15, 0.2) is 33.8 Å². The van der Waals surface area contributed by atoms with E-state index in [0.29, 0.717) is 9.69 Å². The molecule has 0 amide bonds. The minimum absolute atomic E-state index is 0.210. The maximum Gasteiger partial charge on any atom is 0.321 e. The van der Waals surface area contributed by atoms with E-state index < -0.39 is 32.9 Å². The number of benzene rings is 1. The van der Waals surface area contributed by atoms with E-state index >= 15 is 0 Å². The lowest BCUT2D eigenvalue weighted by molar-refractivity contribution is -0.140. The van der Waals surface area contributed by atoms with Crippen LogP contribution in [0, 0.1) is 5.82 Å². The molecule has 0 saturated heterocycles. The number of halogens is 1. The monoisotopic (exact) mass is 301 g/mol. The molecule has 0 aliphatic rings. The van der Waals surface area contributed by atoms with Gasteiger partial charge in [0.1, 0.15) is 17.4 Å². The van der Waals surface area contributed by atoms with Crippen molar-refractivity contribution < 1.29 is 27.1 Å². The average molecular weight is 301 g/mol. The van der Waals surface area contributed by atoms with E-state index in [0.717, 1.165) is 19.2 Å². The third-order valence-corrected chi connectivity index (χ3v) is 4.78. The lowest BCUT2D eigenvalue weighted by Gasteiger charge is -2.19. The molecule has 1 atom stereocenters. The zero-order valence-corrected chi connectivity index (χ0v) is 11.5. The normalized spacial score (nSPS) is 13.8. The highest BCUT2D eigenvalue weighted by molar-refractivity contribution is 7.89.